The van der Waals surface area contributed by atoms with Gasteiger partial charge < -0.3 is 23.7 Å². The second kappa shape index (κ2) is 10.4. The fourth-order valence-electron chi connectivity index (χ4n) is 5.03. The molecule has 1 amide bonds. The van der Waals surface area contributed by atoms with Crippen molar-refractivity contribution in [2.75, 3.05) is 19.1 Å². The summed E-state index contributed by atoms with van der Waals surface area (Å²) in [5, 5.41) is 11.5. The van der Waals surface area contributed by atoms with Crippen LogP contribution in [0.1, 0.15) is 44.4 Å². The van der Waals surface area contributed by atoms with Gasteiger partial charge in [0.25, 0.3) is 0 Å². The van der Waals surface area contributed by atoms with Gasteiger partial charge in [-0.1, -0.05) is 29.8 Å². The molecule has 0 fully saturated rings. The van der Waals surface area contributed by atoms with Crippen LogP contribution >= 0.6 is 0 Å². The monoisotopic (exact) mass is 555 g/mol. The Morgan fingerprint density at radius 1 is 1.12 bits per heavy atom. The van der Waals surface area contributed by atoms with Crippen molar-refractivity contribution < 1.29 is 28.5 Å². The number of nitrogens with zero attached hydrogens (tertiary/aromatic N) is 1. The minimum absolute atomic E-state index is 0.0359. The summed E-state index contributed by atoms with van der Waals surface area (Å²) in [5.41, 5.74) is 2.82. The molecule has 8 nitrogen and oxygen atoms in total. The highest BCUT2D eigenvalue weighted by molar-refractivity contribution is 6.00. The van der Waals surface area contributed by atoms with Gasteiger partial charge in [-0.25, -0.2) is 4.79 Å². The van der Waals surface area contributed by atoms with Crippen molar-refractivity contribution in [3.8, 4) is 23.0 Å². The Labute approximate surface area is 238 Å². The van der Waals surface area contributed by atoms with Crippen molar-refractivity contribution in [1.82, 2.24) is 0 Å². The molecule has 0 saturated heterocycles. The first-order valence-corrected chi connectivity index (χ1v) is 13.3. The van der Waals surface area contributed by atoms with Crippen LogP contribution in [0.25, 0.3) is 28.0 Å². The number of benzene rings is 3. The van der Waals surface area contributed by atoms with Gasteiger partial charge in [-0.05, 0) is 64.8 Å². The number of carbonyl (C=O) groups is 1. The summed E-state index contributed by atoms with van der Waals surface area (Å²) >= 11 is 0. The van der Waals surface area contributed by atoms with Crippen LogP contribution in [0.2, 0.25) is 0 Å². The fraction of sp³-hybridized carbons (Fsp3) is 0.273. The van der Waals surface area contributed by atoms with Crippen LogP contribution in [0.15, 0.2) is 63.3 Å². The highest BCUT2D eigenvalue weighted by Crippen LogP contribution is 2.44. The van der Waals surface area contributed by atoms with Gasteiger partial charge in [-0.15, -0.1) is 0 Å². The molecule has 41 heavy (non-hydrogen) atoms. The zero-order valence-electron chi connectivity index (χ0n) is 24.2. The van der Waals surface area contributed by atoms with Gasteiger partial charge in [0, 0.05) is 30.4 Å². The summed E-state index contributed by atoms with van der Waals surface area (Å²) < 4.78 is 23.8. The summed E-state index contributed by atoms with van der Waals surface area (Å²) in [6.07, 6.45) is 5.18. The Kier molecular flexibility index (Phi) is 7.03. The summed E-state index contributed by atoms with van der Waals surface area (Å²) in [6, 6.07) is 10.5. The topological polar surface area (TPSA) is 98.4 Å². The highest BCUT2D eigenvalue weighted by atomic mass is 16.6. The average Bonchev–Trinajstić information content (AvgIpc) is 2.90. The van der Waals surface area contributed by atoms with E-state index in [0.29, 0.717) is 29.0 Å². The molecular weight excluding hydrogens is 522 g/mol. The molecule has 2 heterocycles. The van der Waals surface area contributed by atoms with Crippen LogP contribution in [0.3, 0.4) is 0 Å². The number of ether oxygens (including phenoxy) is 3. The molecule has 1 N–H and O–H groups in total. The van der Waals surface area contributed by atoms with Crippen LogP contribution in [0, 0.1) is 6.92 Å². The SMILES string of the molecule is COc1c(OC(=O)N(C)c2ccccc2C)cc2oc3cc4c(c(O)c3c(=O)c2c1CC=C(C)C)C=CC(C)(C)O4. The van der Waals surface area contributed by atoms with Crippen molar-refractivity contribution in [1.29, 1.82) is 0 Å². The normalized spacial score (nSPS) is 13.4. The maximum atomic E-state index is 14.0. The largest absolute Gasteiger partial charge is 0.506 e. The van der Waals surface area contributed by atoms with Gasteiger partial charge in [0.05, 0.1) is 18.1 Å². The molecule has 0 bridgehead atoms. The van der Waals surface area contributed by atoms with Crippen LogP contribution < -0.4 is 24.5 Å². The number of rotatable bonds is 5. The molecule has 1 aliphatic heterocycles. The zero-order chi connectivity index (χ0) is 29.6. The molecule has 1 aromatic heterocycles. The van der Waals surface area contributed by atoms with E-state index in [-0.39, 0.29) is 39.2 Å². The lowest BCUT2D eigenvalue weighted by Gasteiger charge is -2.28. The maximum absolute atomic E-state index is 14.0. The summed E-state index contributed by atoms with van der Waals surface area (Å²) in [5.74, 6) is 0.514. The Hall–Kier alpha value is -4.72. The fourth-order valence-corrected chi connectivity index (χ4v) is 5.03. The van der Waals surface area contributed by atoms with Crippen molar-refractivity contribution in [2.45, 2.75) is 46.6 Å². The molecule has 0 atom stereocenters. The molecule has 5 rings (SSSR count). The second-order valence-electron chi connectivity index (χ2n) is 10.9. The lowest BCUT2D eigenvalue weighted by atomic mass is 9.97. The van der Waals surface area contributed by atoms with Crippen LogP contribution in [0.5, 0.6) is 23.0 Å². The minimum atomic E-state index is -0.637. The summed E-state index contributed by atoms with van der Waals surface area (Å²) in [6.45, 7) is 9.57. The average molecular weight is 556 g/mol. The molecule has 0 radical (unpaired) electrons. The quantitative estimate of drug-likeness (QED) is 0.204. The van der Waals surface area contributed by atoms with Gasteiger partial charge >= 0.3 is 6.09 Å². The van der Waals surface area contributed by atoms with E-state index in [1.54, 1.807) is 19.2 Å². The lowest BCUT2D eigenvalue weighted by Crippen LogP contribution is -2.30. The first-order chi connectivity index (χ1) is 19.4. The number of phenolic OH excluding ortho intramolecular Hbond substituents is 1. The molecule has 1 aliphatic rings. The van der Waals surface area contributed by atoms with E-state index in [9.17, 15) is 14.7 Å². The third-order valence-corrected chi connectivity index (χ3v) is 7.14. The van der Waals surface area contributed by atoms with E-state index >= 15 is 0 Å². The number of carbonyl (C=O) groups excluding carboxylic acids is 1. The van der Waals surface area contributed by atoms with E-state index < -0.39 is 17.1 Å². The third-order valence-electron chi connectivity index (χ3n) is 7.14. The number of amides is 1. The Bertz CT molecular complexity index is 1820. The maximum Gasteiger partial charge on any atom is 0.419 e. The van der Waals surface area contributed by atoms with Crippen molar-refractivity contribution >= 4 is 39.8 Å². The number of hydrogen-bond donors (Lipinski definition) is 1. The van der Waals surface area contributed by atoms with Gasteiger partial charge in [-0.2, -0.15) is 0 Å². The van der Waals surface area contributed by atoms with Crippen molar-refractivity contribution in [2.24, 2.45) is 0 Å². The van der Waals surface area contributed by atoms with E-state index in [2.05, 4.69) is 0 Å². The number of phenols is 1. The minimum Gasteiger partial charge on any atom is -0.506 e. The number of fused-ring (bicyclic) bond motifs is 3. The molecule has 4 aromatic rings. The molecule has 0 spiro atoms. The Morgan fingerprint density at radius 2 is 1.83 bits per heavy atom. The second-order valence-corrected chi connectivity index (χ2v) is 10.9. The molecule has 0 saturated carbocycles. The number of anilines is 1. The zero-order valence-corrected chi connectivity index (χ0v) is 24.2. The molecule has 8 heteroatoms. The van der Waals surface area contributed by atoms with E-state index in [1.165, 1.54) is 18.1 Å². The van der Waals surface area contributed by atoms with E-state index in [1.807, 2.05) is 71.0 Å². The number of hydrogen-bond acceptors (Lipinski definition) is 7. The standard InChI is InChI=1S/C33H33NO7/c1-18(2)12-13-21-27-24(17-26(31(21)38-7)40-32(37)34(6)22-11-9-8-10-19(22)3)39-25-16-23-20(14-15-33(4,5)41-23)29(35)28(25)30(27)36/h8-12,14-17,35H,13H2,1-7H3. The Morgan fingerprint density at radius 3 is 2.51 bits per heavy atom. The van der Waals surface area contributed by atoms with E-state index in [0.717, 1.165) is 11.1 Å². The molecular formula is C33H33NO7. The first kappa shape index (κ1) is 27.8. The van der Waals surface area contributed by atoms with Crippen LogP contribution in [0.4, 0.5) is 10.5 Å². The first-order valence-electron chi connectivity index (χ1n) is 13.3. The number of para-hydroxylation sites is 1. The van der Waals surface area contributed by atoms with E-state index in [4.69, 9.17) is 18.6 Å². The number of methoxy groups -OCH3 is 1. The lowest BCUT2D eigenvalue weighted by molar-refractivity contribution is 0.158. The van der Waals surface area contributed by atoms with Gasteiger partial charge in [-0.3, -0.25) is 9.69 Å². The predicted octanol–water partition coefficient (Wildman–Crippen LogP) is 7.30. The third kappa shape index (κ3) is 5.01. The van der Waals surface area contributed by atoms with Crippen molar-refractivity contribution in [3.05, 3.63) is 81.0 Å². The van der Waals surface area contributed by atoms with Crippen LogP contribution in [-0.4, -0.2) is 31.0 Å². The predicted molar refractivity (Wildman–Crippen MR) is 161 cm³/mol. The number of allylic oxidation sites excluding steroid dienone is 2. The Balaban J connectivity index is 1.74. The van der Waals surface area contributed by atoms with Gasteiger partial charge in [0.15, 0.2) is 11.5 Å². The molecule has 3 aromatic carbocycles. The van der Waals surface area contributed by atoms with Crippen molar-refractivity contribution in [3.63, 3.8) is 0 Å². The molecule has 212 valence electrons. The molecule has 0 unspecified atom stereocenters. The highest BCUT2D eigenvalue weighted by Gasteiger charge is 2.29. The summed E-state index contributed by atoms with van der Waals surface area (Å²) in [4.78, 5) is 28.7. The number of aryl methyl sites for hydroxylation is 1. The van der Waals surface area contributed by atoms with Gasteiger partial charge in [0.2, 0.25) is 5.43 Å². The molecule has 0 aliphatic carbocycles. The smallest absolute Gasteiger partial charge is 0.419 e. The summed E-state index contributed by atoms with van der Waals surface area (Å²) in [7, 11) is 3.08. The van der Waals surface area contributed by atoms with Gasteiger partial charge in [0.1, 0.15) is 33.7 Å². The number of aromatic hydroxyl groups is 1. The van der Waals surface area contributed by atoms with Crippen LogP contribution in [-0.2, 0) is 6.42 Å².